The highest BCUT2D eigenvalue weighted by Crippen LogP contribution is 2.24. The van der Waals surface area contributed by atoms with Crippen molar-refractivity contribution in [2.24, 2.45) is 0 Å². The second-order valence-corrected chi connectivity index (χ2v) is 7.66. The zero-order valence-electron chi connectivity index (χ0n) is 17.4. The lowest BCUT2D eigenvalue weighted by Gasteiger charge is -2.37. The van der Waals surface area contributed by atoms with E-state index in [1.165, 1.54) is 6.33 Å². The number of carbonyl (C=O) groups is 1. The van der Waals surface area contributed by atoms with Gasteiger partial charge in [0.2, 0.25) is 0 Å². The Balaban J connectivity index is 0.00000272. The van der Waals surface area contributed by atoms with Crippen LogP contribution in [0.2, 0.25) is 0 Å². The molecule has 2 unspecified atom stereocenters. The van der Waals surface area contributed by atoms with Gasteiger partial charge in [-0.2, -0.15) is 0 Å². The number of halogens is 1. The Kier molecular flexibility index (Phi) is 7.25. The van der Waals surface area contributed by atoms with Crippen LogP contribution in [0.5, 0.6) is 0 Å². The van der Waals surface area contributed by atoms with Crippen molar-refractivity contribution < 1.29 is 9.90 Å². The second kappa shape index (κ2) is 9.89. The van der Waals surface area contributed by atoms with Crippen molar-refractivity contribution in [1.29, 1.82) is 0 Å². The molecule has 1 aliphatic rings. The second-order valence-electron chi connectivity index (χ2n) is 7.66. The third kappa shape index (κ3) is 5.03. The molecule has 1 fully saturated rings. The number of nitrogens with zero attached hydrogens (tertiary/aromatic N) is 4. The van der Waals surface area contributed by atoms with Crippen LogP contribution in [-0.2, 0) is 6.54 Å². The Morgan fingerprint density at radius 1 is 1.29 bits per heavy atom. The lowest BCUT2D eigenvalue weighted by molar-refractivity contribution is 0.0946. The van der Waals surface area contributed by atoms with Crippen molar-refractivity contribution in [2.45, 2.75) is 44.8 Å². The molecule has 0 aliphatic carbocycles. The molecular weight excluding hydrogens is 416 g/mol. The van der Waals surface area contributed by atoms with Gasteiger partial charge < -0.3 is 21.1 Å². The number of anilines is 1. The molecule has 0 saturated carbocycles. The van der Waals surface area contributed by atoms with Gasteiger partial charge in [-0.05, 0) is 43.0 Å². The van der Waals surface area contributed by atoms with Gasteiger partial charge in [0.25, 0.3) is 0 Å². The van der Waals surface area contributed by atoms with Crippen molar-refractivity contribution in [1.82, 2.24) is 25.2 Å². The molecular formula is C22H27ClN6O2. The van der Waals surface area contributed by atoms with Crippen LogP contribution in [0.3, 0.4) is 0 Å². The SMILES string of the molecule is CCC1CC(NCc2cccc(-c3ccc4ncnc(N)c4n3)c2)CCN1C(=O)O.Cl. The number of rotatable bonds is 5. The first-order valence-electron chi connectivity index (χ1n) is 10.2. The summed E-state index contributed by atoms with van der Waals surface area (Å²) in [5.41, 5.74) is 10.3. The van der Waals surface area contributed by atoms with Gasteiger partial charge >= 0.3 is 6.09 Å². The van der Waals surface area contributed by atoms with Crippen LogP contribution in [0, 0.1) is 0 Å². The predicted octanol–water partition coefficient (Wildman–Crippen LogP) is 3.71. The molecule has 0 bridgehead atoms. The molecule has 1 aromatic carbocycles. The molecule has 31 heavy (non-hydrogen) atoms. The van der Waals surface area contributed by atoms with Crippen molar-refractivity contribution in [3.8, 4) is 11.3 Å². The average molecular weight is 443 g/mol. The topological polar surface area (TPSA) is 117 Å². The van der Waals surface area contributed by atoms with E-state index in [-0.39, 0.29) is 18.4 Å². The molecule has 1 saturated heterocycles. The maximum absolute atomic E-state index is 11.4. The molecule has 9 heteroatoms. The third-order valence-electron chi connectivity index (χ3n) is 5.76. The molecule has 1 aliphatic heterocycles. The van der Waals surface area contributed by atoms with Gasteiger partial charge in [0.05, 0.1) is 11.2 Å². The van der Waals surface area contributed by atoms with E-state index in [2.05, 4.69) is 32.4 Å². The number of aromatic nitrogens is 3. The highest BCUT2D eigenvalue weighted by atomic mass is 35.5. The van der Waals surface area contributed by atoms with Crippen LogP contribution < -0.4 is 11.1 Å². The van der Waals surface area contributed by atoms with Gasteiger partial charge in [0.15, 0.2) is 5.82 Å². The number of hydrogen-bond donors (Lipinski definition) is 3. The predicted molar refractivity (Wildman–Crippen MR) is 123 cm³/mol. The van der Waals surface area contributed by atoms with Crippen molar-refractivity contribution >= 4 is 35.4 Å². The first kappa shape index (κ1) is 22.7. The first-order valence-corrected chi connectivity index (χ1v) is 10.2. The standard InChI is InChI=1S/C22H26N6O2.ClH/c1-2-17-11-16(8-9-28(17)22(29)30)24-12-14-4-3-5-15(10-14)18-6-7-19-20(27-18)21(23)26-13-25-19;/h3-7,10,13,16-17,24H,2,8-9,11-12H2,1H3,(H,29,30)(H2,23,25,26);1H. The molecule has 3 aromatic rings. The number of carboxylic acid groups (broad SMARTS) is 1. The molecule has 0 spiro atoms. The summed E-state index contributed by atoms with van der Waals surface area (Å²) in [5, 5.41) is 12.9. The van der Waals surface area contributed by atoms with Crippen molar-refractivity contribution in [2.75, 3.05) is 12.3 Å². The molecule has 0 radical (unpaired) electrons. The largest absolute Gasteiger partial charge is 0.465 e. The van der Waals surface area contributed by atoms with Gasteiger partial charge in [-0.1, -0.05) is 25.1 Å². The summed E-state index contributed by atoms with van der Waals surface area (Å²) < 4.78 is 0. The summed E-state index contributed by atoms with van der Waals surface area (Å²) in [6.45, 7) is 3.34. The van der Waals surface area contributed by atoms with Gasteiger partial charge in [-0.25, -0.2) is 19.7 Å². The molecule has 4 N–H and O–H groups in total. The van der Waals surface area contributed by atoms with Crippen LogP contribution in [-0.4, -0.2) is 49.7 Å². The molecule has 3 heterocycles. The van der Waals surface area contributed by atoms with E-state index >= 15 is 0 Å². The molecule has 2 aromatic heterocycles. The normalized spacial score (nSPS) is 18.5. The Bertz CT molecular complexity index is 1060. The molecule has 2 atom stereocenters. The highest BCUT2D eigenvalue weighted by Gasteiger charge is 2.29. The van der Waals surface area contributed by atoms with E-state index < -0.39 is 6.09 Å². The number of benzene rings is 1. The van der Waals surface area contributed by atoms with E-state index in [1.807, 2.05) is 31.2 Å². The van der Waals surface area contributed by atoms with E-state index in [1.54, 1.807) is 4.90 Å². The summed E-state index contributed by atoms with van der Waals surface area (Å²) in [6.07, 6.45) is 3.12. The Labute approximate surface area is 187 Å². The number of pyridine rings is 1. The number of nitrogen functional groups attached to an aromatic ring is 1. The van der Waals surface area contributed by atoms with Crippen LogP contribution in [0.15, 0.2) is 42.7 Å². The monoisotopic (exact) mass is 442 g/mol. The lowest BCUT2D eigenvalue weighted by atomic mass is 9.95. The Morgan fingerprint density at radius 2 is 2.13 bits per heavy atom. The minimum atomic E-state index is -0.818. The molecule has 1 amide bonds. The maximum atomic E-state index is 11.4. The first-order chi connectivity index (χ1) is 14.5. The highest BCUT2D eigenvalue weighted by molar-refractivity contribution is 5.86. The van der Waals surface area contributed by atoms with Gasteiger partial charge in [-0.15, -0.1) is 12.4 Å². The number of hydrogen-bond acceptors (Lipinski definition) is 6. The number of nitrogens with two attached hydrogens (primary N) is 1. The van der Waals surface area contributed by atoms with E-state index in [0.717, 1.165) is 48.1 Å². The third-order valence-corrected chi connectivity index (χ3v) is 5.76. The smallest absolute Gasteiger partial charge is 0.407 e. The number of likely N-dealkylation sites (tertiary alicyclic amines) is 1. The van der Waals surface area contributed by atoms with E-state index in [9.17, 15) is 9.90 Å². The zero-order chi connectivity index (χ0) is 21.1. The summed E-state index contributed by atoms with van der Waals surface area (Å²) in [6, 6.07) is 12.5. The summed E-state index contributed by atoms with van der Waals surface area (Å²) >= 11 is 0. The van der Waals surface area contributed by atoms with Gasteiger partial charge in [-0.3, -0.25) is 0 Å². The zero-order valence-corrected chi connectivity index (χ0v) is 18.2. The summed E-state index contributed by atoms with van der Waals surface area (Å²) in [4.78, 5) is 25.8. The number of fused-ring (bicyclic) bond motifs is 1. The van der Waals surface area contributed by atoms with E-state index in [0.29, 0.717) is 23.9 Å². The van der Waals surface area contributed by atoms with Crippen molar-refractivity contribution in [3.05, 3.63) is 48.3 Å². The lowest BCUT2D eigenvalue weighted by Crippen LogP contribution is -2.50. The average Bonchev–Trinajstić information content (AvgIpc) is 2.77. The van der Waals surface area contributed by atoms with Gasteiger partial charge in [0, 0.05) is 30.7 Å². The van der Waals surface area contributed by atoms with Crippen LogP contribution >= 0.6 is 12.4 Å². The fourth-order valence-corrected chi connectivity index (χ4v) is 4.10. The molecule has 164 valence electrons. The van der Waals surface area contributed by atoms with Crippen LogP contribution in [0.1, 0.15) is 31.7 Å². The van der Waals surface area contributed by atoms with Crippen molar-refractivity contribution in [3.63, 3.8) is 0 Å². The number of nitrogens with one attached hydrogen (secondary N) is 1. The number of amides is 1. The van der Waals surface area contributed by atoms with E-state index in [4.69, 9.17) is 5.73 Å². The Hall–Kier alpha value is -2.97. The maximum Gasteiger partial charge on any atom is 0.407 e. The fourth-order valence-electron chi connectivity index (χ4n) is 4.10. The van der Waals surface area contributed by atoms with Gasteiger partial charge in [0.1, 0.15) is 11.8 Å². The quantitative estimate of drug-likeness (QED) is 0.551. The number of piperidine rings is 1. The molecule has 8 nitrogen and oxygen atoms in total. The molecule has 4 rings (SSSR count). The van der Waals surface area contributed by atoms with Crippen LogP contribution in [0.25, 0.3) is 22.3 Å². The minimum absolute atomic E-state index is 0. The summed E-state index contributed by atoms with van der Waals surface area (Å²) in [5.74, 6) is 0.373. The summed E-state index contributed by atoms with van der Waals surface area (Å²) in [7, 11) is 0. The Morgan fingerprint density at radius 3 is 2.90 bits per heavy atom. The van der Waals surface area contributed by atoms with Crippen LogP contribution in [0.4, 0.5) is 10.6 Å². The fraction of sp³-hybridized carbons (Fsp3) is 0.364. The minimum Gasteiger partial charge on any atom is -0.465 e.